The standard InChI is InChI=1S/C14H16N2O/c1-10(2)12-8-9-13(16-12)14(17)15-11-6-4-3-5-7-11/h3-10,16H,1-2H3,(H,15,17). The summed E-state index contributed by atoms with van der Waals surface area (Å²) in [5.74, 6) is 0.288. The summed E-state index contributed by atoms with van der Waals surface area (Å²) < 4.78 is 0. The topological polar surface area (TPSA) is 44.9 Å². The van der Waals surface area contributed by atoms with Gasteiger partial charge in [-0.3, -0.25) is 4.79 Å². The van der Waals surface area contributed by atoms with E-state index < -0.39 is 0 Å². The van der Waals surface area contributed by atoms with Gasteiger partial charge in [0.2, 0.25) is 0 Å². The molecule has 1 amide bonds. The predicted octanol–water partition coefficient (Wildman–Crippen LogP) is 3.39. The van der Waals surface area contributed by atoms with Gasteiger partial charge in [0.05, 0.1) is 0 Å². The lowest BCUT2D eigenvalue weighted by molar-refractivity contribution is 0.102. The van der Waals surface area contributed by atoms with Crippen molar-refractivity contribution in [2.24, 2.45) is 0 Å². The van der Waals surface area contributed by atoms with E-state index in [1.165, 1.54) is 0 Å². The highest BCUT2D eigenvalue weighted by Gasteiger charge is 2.09. The fourth-order valence-electron chi connectivity index (χ4n) is 1.60. The first-order valence-electron chi connectivity index (χ1n) is 5.72. The fourth-order valence-corrected chi connectivity index (χ4v) is 1.60. The molecule has 0 aliphatic heterocycles. The third-order valence-corrected chi connectivity index (χ3v) is 2.61. The lowest BCUT2D eigenvalue weighted by Crippen LogP contribution is -2.12. The first kappa shape index (κ1) is 11.5. The molecule has 0 unspecified atom stereocenters. The SMILES string of the molecule is CC(C)c1ccc(C(=O)Nc2ccccc2)[nH]1. The molecule has 0 aliphatic carbocycles. The van der Waals surface area contributed by atoms with Crippen molar-refractivity contribution >= 4 is 11.6 Å². The molecular formula is C14H16N2O. The van der Waals surface area contributed by atoms with Crippen LogP contribution in [0.4, 0.5) is 5.69 Å². The zero-order chi connectivity index (χ0) is 12.3. The van der Waals surface area contributed by atoms with E-state index in [-0.39, 0.29) is 5.91 Å². The Morgan fingerprint density at radius 3 is 2.41 bits per heavy atom. The van der Waals surface area contributed by atoms with Crippen LogP contribution in [0.5, 0.6) is 0 Å². The number of carbonyl (C=O) groups excluding carboxylic acids is 1. The molecule has 0 aliphatic rings. The van der Waals surface area contributed by atoms with Crippen molar-refractivity contribution in [2.45, 2.75) is 19.8 Å². The van der Waals surface area contributed by atoms with Gasteiger partial charge in [0.15, 0.2) is 0 Å². The number of carbonyl (C=O) groups is 1. The molecule has 0 saturated carbocycles. The summed E-state index contributed by atoms with van der Waals surface area (Å²) >= 11 is 0. The van der Waals surface area contributed by atoms with Gasteiger partial charge < -0.3 is 10.3 Å². The molecule has 0 bridgehead atoms. The number of hydrogen-bond acceptors (Lipinski definition) is 1. The Hall–Kier alpha value is -2.03. The molecule has 0 saturated heterocycles. The van der Waals surface area contributed by atoms with E-state index in [0.717, 1.165) is 11.4 Å². The maximum atomic E-state index is 11.9. The van der Waals surface area contributed by atoms with E-state index >= 15 is 0 Å². The predicted molar refractivity (Wildman–Crippen MR) is 69.3 cm³/mol. The molecule has 1 heterocycles. The van der Waals surface area contributed by atoms with Crippen molar-refractivity contribution in [3.05, 3.63) is 53.9 Å². The molecule has 3 heteroatoms. The van der Waals surface area contributed by atoms with Crippen LogP contribution in [-0.4, -0.2) is 10.9 Å². The van der Waals surface area contributed by atoms with Crippen molar-refractivity contribution in [1.82, 2.24) is 4.98 Å². The summed E-state index contributed by atoms with van der Waals surface area (Å²) in [6.07, 6.45) is 0. The quantitative estimate of drug-likeness (QED) is 0.831. The lowest BCUT2D eigenvalue weighted by atomic mass is 10.1. The Bertz CT molecular complexity index is 500. The zero-order valence-corrected chi connectivity index (χ0v) is 10.0. The second-order valence-corrected chi connectivity index (χ2v) is 4.30. The number of anilines is 1. The molecule has 2 aromatic rings. The number of para-hydroxylation sites is 1. The first-order chi connectivity index (χ1) is 8.16. The van der Waals surface area contributed by atoms with Crippen molar-refractivity contribution in [2.75, 3.05) is 5.32 Å². The average molecular weight is 228 g/mol. The van der Waals surface area contributed by atoms with Crippen LogP contribution >= 0.6 is 0 Å². The molecular weight excluding hydrogens is 212 g/mol. The number of rotatable bonds is 3. The van der Waals surface area contributed by atoms with Gasteiger partial charge in [-0.05, 0) is 30.2 Å². The van der Waals surface area contributed by atoms with E-state index in [1.54, 1.807) is 0 Å². The lowest BCUT2D eigenvalue weighted by Gasteiger charge is -2.03. The van der Waals surface area contributed by atoms with Gasteiger partial charge in [0, 0.05) is 11.4 Å². The molecule has 0 radical (unpaired) electrons. The van der Waals surface area contributed by atoms with Gasteiger partial charge in [0.25, 0.3) is 5.91 Å². The van der Waals surface area contributed by atoms with E-state index in [1.807, 2.05) is 42.5 Å². The third-order valence-electron chi connectivity index (χ3n) is 2.61. The molecule has 2 N–H and O–H groups in total. The number of amides is 1. The van der Waals surface area contributed by atoms with Crippen LogP contribution in [0.2, 0.25) is 0 Å². The van der Waals surface area contributed by atoms with E-state index in [4.69, 9.17) is 0 Å². The van der Waals surface area contributed by atoms with Crippen molar-refractivity contribution in [3.63, 3.8) is 0 Å². The summed E-state index contributed by atoms with van der Waals surface area (Å²) in [5, 5.41) is 2.84. The van der Waals surface area contributed by atoms with Crippen LogP contribution < -0.4 is 5.32 Å². The first-order valence-corrected chi connectivity index (χ1v) is 5.72. The zero-order valence-electron chi connectivity index (χ0n) is 10.0. The Morgan fingerprint density at radius 2 is 1.82 bits per heavy atom. The summed E-state index contributed by atoms with van der Waals surface area (Å²) in [6.45, 7) is 4.18. The Morgan fingerprint density at radius 1 is 1.12 bits per heavy atom. The van der Waals surface area contributed by atoms with Gasteiger partial charge in [-0.1, -0.05) is 32.0 Å². The van der Waals surface area contributed by atoms with Crippen molar-refractivity contribution in [3.8, 4) is 0 Å². The highest BCUT2D eigenvalue weighted by atomic mass is 16.1. The maximum absolute atomic E-state index is 11.9. The average Bonchev–Trinajstić information content (AvgIpc) is 2.79. The second kappa shape index (κ2) is 4.87. The Labute approximate surface area is 101 Å². The number of aromatic amines is 1. The van der Waals surface area contributed by atoms with Crippen LogP contribution in [0.15, 0.2) is 42.5 Å². The van der Waals surface area contributed by atoms with Crippen LogP contribution in [0, 0.1) is 0 Å². The summed E-state index contributed by atoms with van der Waals surface area (Å²) in [4.78, 5) is 15.0. The number of aromatic nitrogens is 1. The largest absolute Gasteiger partial charge is 0.354 e. The molecule has 0 fully saturated rings. The number of nitrogens with one attached hydrogen (secondary N) is 2. The van der Waals surface area contributed by atoms with E-state index in [2.05, 4.69) is 24.1 Å². The second-order valence-electron chi connectivity index (χ2n) is 4.30. The Balaban J connectivity index is 2.10. The van der Waals surface area contributed by atoms with Gasteiger partial charge in [-0.15, -0.1) is 0 Å². The molecule has 17 heavy (non-hydrogen) atoms. The van der Waals surface area contributed by atoms with Crippen LogP contribution in [0.25, 0.3) is 0 Å². The molecule has 88 valence electrons. The summed E-state index contributed by atoms with van der Waals surface area (Å²) in [6, 6.07) is 13.2. The minimum Gasteiger partial charge on any atom is -0.354 e. The molecule has 2 rings (SSSR count). The molecule has 0 atom stereocenters. The molecule has 0 spiro atoms. The van der Waals surface area contributed by atoms with Crippen LogP contribution in [-0.2, 0) is 0 Å². The van der Waals surface area contributed by atoms with Gasteiger partial charge in [-0.25, -0.2) is 0 Å². The fraction of sp³-hybridized carbons (Fsp3) is 0.214. The highest BCUT2D eigenvalue weighted by molar-refractivity contribution is 6.03. The summed E-state index contributed by atoms with van der Waals surface area (Å²) in [5.41, 5.74) is 2.47. The van der Waals surface area contributed by atoms with Gasteiger partial charge in [0.1, 0.15) is 5.69 Å². The maximum Gasteiger partial charge on any atom is 0.272 e. The summed E-state index contributed by atoms with van der Waals surface area (Å²) in [7, 11) is 0. The molecule has 1 aromatic carbocycles. The van der Waals surface area contributed by atoms with Crippen molar-refractivity contribution in [1.29, 1.82) is 0 Å². The molecule has 1 aromatic heterocycles. The van der Waals surface area contributed by atoms with Crippen molar-refractivity contribution < 1.29 is 4.79 Å². The number of hydrogen-bond donors (Lipinski definition) is 2. The number of benzene rings is 1. The van der Waals surface area contributed by atoms with Crippen LogP contribution in [0.1, 0.15) is 35.9 Å². The third kappa shape index (κ3) is 2.75. The number of H-pyrrole nitrogens is 1. The van der Waals surface area contributed by atoms with E-state index in [0.29, 0.717) is 11.6 Å². The highest BCUT2D eigenvalue weighted by Crippen LogP contribution is 2.14. The van der Waals surface area contributed by atoms with E-state index in [9.17, 15) is 4.79 Å². The Kier molecular flexibility index (Phi) is 3.28. The van der Waals surface area contributed by atoms with Gasteiger partial charge >= 0.3 is 0 Å². The minimum atomic E-state index is -0.108. The molecule has 3 nitrogen and oxygen atoms in total. The van der Waals surface area contributed by atoms with Gasteiger partial charge in [-0.2, -0.15) is 0 Å². The van der Waals surface area contributed by atoms with Crippen LogP contribution in [0.3, 0.4) is 0 Å². The smallest absolute Gasteiger partial charge is 0.272 e. The minimum absolute atomic E-state index is 0.108. The monoisotopic (exact) mass is 228 g/mol. The normalized spacial score (nSPS) is 10.5.